The number of hydrogen-bond acceptors (Lipinski definition) is 4. The van der Waals surface area contributed by atoms with Crippen molar-refractivity contribution in [3.63, 3.8) is 0 Å². The third-order valence-electron chi connectivity index (χ3n) is 6.37. The van der Waals surface area contributed by atoms with Gasteiger partial charge in [-0.3, -0.25) is 14.5 Å². The Labute approximate surface area is 148 Å². The normalized spacial score (nSPS) is 30.7. The highest BCUT2D eigenvalue weighted by molar-refractivity contribution is 5.84. The highest BCUT2D eigenvalue weighted by Gasteiger charge is 2.46. The second-order valence-electron chi connectivity index (χ2n) is 7.67. The minimum Gasteiger partial charge on any atom is -0.460 e. The standard InChI is InChI=1S/C20H26N2O3/c23-15-22-12-8-20(9-13-22,17-4-2-1-3-5-17)19(24)25-18-14-21-10-6-16(18)7-11-21/h1-5,15-16,18H,6-14H2. The van der Waals surface area contributed by atoms with Crippen molar-refractivity contribution in [1.82, 2.24) is 9.80 Å². The van der Waals surface area contributed by atoms with Gasteiger partial charge in [-0.05, 0) is 50.3 Å². The quantitative estimate of drug-likeness (QED) is 0.619. The van der Waals surface area contributed by atoms with Gasteiger partial charge in [0.1, 0.15) is 6.10 Å². The summed E-state index contributed by atoms with van der Waals surface area (Å²) in [4.78, 5) is 28.6. The predicted octanol–water partition coefficient (Wildman–Crippen LogP) is 1.81. The summed E-state index contributed by atoms with van der Waals surface area (Å²) >= 11 is 0. The summed E-state index contributed by atoms with van der Waals surface area (Å²) in [6.45, 7) is 4.36. The number of benzene rings is 1. The summed E-state index contributed by atoms with van der Waals surface area (Å²) in [5, 5.41) is 0. The maximum absolute atomic E-state index is 13.3. The van der Waals surface area contributed by atoms with Crippen LogP contribution in [0.3, 0.4) is 0 Å². The van der Waals surface area contributed by atoms with Gasteiger partial charge < -0.3 is 9.64 Å². The number of piperidine rings is 4. The lowest BCUT2D eigenvalue weighted by Crippen LogP contribution is -2.54. The number of hydrogen-bond donors (Lipinski definition) is 0. The van der Waals surface area contributed by atoms with Crippen LogP contribution in [-0.4, -0.2) is 61.0 Å². The van der Waals surface area contributed by atoms with Gasteiger partial charge in [-0.25, -0.2) is 0 Å². The number of rotatable bonds is 4. The van der Waals surface area contributed by atoms with E-state index in [1.807, 2.05) is 30.3 Å². The van der Waals surface area contributed by atoms with Gasteiger partial charge in [0, 0.05) is 19.6 Å². The molecule has 4 aliphatic heterocycles. The number of carbonyl (C=O) groups is 2. The van der Waals surface area contributed by atoms with Gasteiger partial charge in [-0.15, -0.1) is 0 Å². The van der Waals surface area contributed by atoms with E-state index in [0.717, 1.165) is 44.4 Å². The third-order valence-corrected chi connectivity index (χ3v) is 6.37. The van der Waals surface area contributed by atoms with Crippen LogP contribution in [0.15, 0.2) is 30.3 Å². The largest absolute Gasteiger partial charge is 0.460 e. The van der Waals surface area contributed by atoms with Gasteiger partial charge in [0.15, 0.2) is 0 Å². The predicted molar refractivity (Wildman–Crippen MR) is 94.0 cm³/mol. The Bertz CT molecular complexity index is 617. The van der Waals surface area contributed by atoms with E-state index in [1.54, 1.807) is 4.90 Å². The minimum atomic E-state index is -0.618. The molecule has 25 heavy (non-hydrogen) atoms. The molecule has 4 saturated heterocycles. The number of esters is 1. The molecule has 0 saturated carbocycles. The highest BCUT2D eigenvalue weighted by atomic mass is 16.5. The third kappa shape index (κ3) is 3.06. The second kappa shape index (κ2) is 6.79. The van der Waals surface area contributed by atoms with Crippen molar-refractivity contribution in [2.75, 3.05) is 32.7 Å². The fourth-order valence-corrected chi connectivity index (χ4v) is 4.67. The first-order valence-corrected chi connectivity index (χ1v) is 9.39. The molecular formula is C20H26N2O3. The smallest absolute Gasteiger partial charge is 0.317 e. The number of nitrogens with zero attached hydrogens (tertiary/aromatic N) is 2. The zero-order valence-corrected chi connectivity index (χ0v) is 14.6. The van der Waals surface area contributed by atoms with E-state index in [-0.39, 0.29) is 12.1 Å². The molecule has 4 heterocycles. The highest BCUT2D eigenvalue weighted by Crippen LogP contribution is 2.38. The molecule has 1 aromatic carbocycles. The molecule has 0 aliphatic carbocycles. The van der Waals surface area contributed by atoms with Crippen molar-refractivity contribution >= 4 is 12.4 Å². The van der Waals surface area contributed by atoms with Gasteiger partial charge in [-0.2, -0.15) is 0 Å². The van der Waals surface area contributed by atoms with E-state index in [4.69, 9.17) is 4.74 Å². The van der Waals surface area contributed by atoms with E-state index in [1.165, 1.54) is 0 Å². The average molecular weight is 342 g/mol. The molecule has 0 radical (unpaired) electrons. The molecule has 5 nitrogen and oxygen atoms in total. The Morgan fingerprint density at radius 3 is 2.32 bits per heavy atom. The number of fused-ring (bicyclic) bond motifs is 3. The lowest BCUT2D eigenvalue weighted by molar-refractivity contribution is -0.168. The van der Waals surface area contributed by atoms with Crippen LogP contribution in [-0.2, 0) is 19.7 Å². The van der Waals surface area contributed by atoms with Crippen LogP contribution < -0.4 is 0 Å². The zero-order valence-electron chi connectivity index (χ0n) is 14.6. The first-order chi connectivity index (χ1) is 12.2. The molecule has 0 aromatic heterocycles. The van der Waals surface area contributed by atoms with Crippen LogP contribution in [0.2, 0.25) is 0 Å². The molecule has 134 valence electrons. The minimum absolute atomic E-state index is 0.0275. The summed E-state index contributed by atoms with van der Waals surface area (Å²) < 4.78 is 6.10. The number of carbonyl (C=O) groups excluding carboxylic acids is 2. The van der Waals surface area contributed by atoms with Crippen LogP contribution in [0, 0.1) is 5.92 Å². The van der Waals surface area contributed by atoms with Gasteiger partial charge in [0.05, 0.1) is 5.41 Å². The van der Waals surface area contributed by atoms with Crippen molar-refractivity contribution < 1.29 is 14.3 Å². The monoisotopic (exact) mass is 342 g/mol. The first-order valence-electron chi connectivity index (χ1n) is 9.39. The van der Waals surface area contributed by atoms with E-state index in [2.05, 4.69) is 4.90 Å². The lowest BCUT2D eigenvalue weighted by Gasteiger charge is -2.46. The Hall–Kier alpha value is -1.88. The van der Waals surface area contributed by atoms with Crippen molar-refractivity contribution in [2.45, 2.75) is 37.2 Å². The molecule has 0 spiro atoms. The fourth-order valence-electron chi connectivity index (χ4n) is 4.67. The van der Waals surface area contributed by atoms with Crippen molar-refractivity contribution in [2.24, 2.45) is 5.92 Å². The van der Waals surface area contributed by atoms with Gasteiger partial charge >= 0.3 is 5.97 Å². The summed E-state index contributed by atoms with van der Waals surface area (Å²) in [5.74, 6) is 0.417. The van der Waals surface area contributed by atoms with Crippen molar-refractivity contribution in [1.29, 1.82) is 0 Å². The molecule has 1 aromatic rings. The summed E-state index contributed by atoms with van der Waals surface area (Å²) in [6, 6.07) is 9.97. The van der Waals surface area contributed by atoms with Gasteiger partial charge in [-0.1, -0.05) is 30.3 Å². The van der Waals surface area contributed by atoms with Crippen molar-refractivity contribution in [3.05, 3.63) is 35.9 Å². The maximum Gasteiger partial charge on any atom is 0.317 e. The maximum atomic E-state index is 13.3. The van der Waals surface area contributed by atoms with Crippen LogP contribution in [0.1, 0.15) is 31.2 Å². The Balaban J connectivity index is 1.55. The summed E-state index contributed by atoms with van der Waals surface area (Å²) in [7, 11) is 0. The fraction of sp³-hybridized carbons (Fsp3) is 0.600. The van der Waals surface area contributed by atoms with Crippen LogP contribution in [0.25, 0.3) is 0 Å². The molecule has 1 unspecified atom stereocenters. The van der Waals surface area contributed by atoms with E-state index in [0.29, 0.717) is 31.8 Å². The Morgan fingerprint density at radius 2 is 1.76 bits per heavy atom. The van der Waals surface area contributed by atoms with Crippen LogP contribution in [0.5, 0.6) is 0 Å². The van der Waals surface area contributed by atoms with Crippen LogP contribution in [0.4, 0.5) is 0 Å². The average Bonchev–Trinajstić information content (AvgIpc) is 2.69. The zero-order chi connectivity index (χ0) is 17.3. The van der Waals surface area contributed by atoms with Gasteiger partial charge in [0.2, 0.25) is 6.41 Å². The molecule has 2 bridgehead atoms. The SMILES string of the molecule is O=CN1CCC(C(=O)OC2CN3CCC2CC3)(c2ccccc2)CC1. The molecule has 5 heteroatoms. The van der Waals surface area contributed by atoms with Gasteiger partial charge in [0.25, 0.3) is 0 Å². The molecule has 4 aliphatic rings. The molecule has 5 rings (SSSR count). The molecule has 1 amide bonds. The molecule has 0 N–H and O–H groups in total. The Kier molecular flexibility index (Phi) is 4.50. The molecular weight excluding hydrogens is 316 g/mol. The van der Waals surface area contributed by atoms with Crippen molar-refractivity contribution in [3.8, 4) is 0 Å². The topological polar surface area (TPSA) is 49.9 Å². The number of amides is 1. The summed E-state index contributed by atoms with van der Waals surface area (Å²) in [6.07, 6.45) is 4.45. The summed E-state index contributed by atoms with van der Waals surface area (Å²) in [5.41, 5.74) is 0.402. The van der Waals surface area contributed by atoms with E-state index >= 15 is 0 Å². The number of likely N-dealkylation sites (tertiary alicyclic amines) is 1. The Morgan fingerprint density at radius 1 is 1.08 bits per heavy atom. The number of ether oxygens (including phenoxy) is 1. The van der Waals surface area contributed by atoms with E-state index < -0.39 is 5.41 Å². The molecule has 1 atom stereocenters. The van der Waals surface area contributed by atoms with Crippen LogP contribution >= 0.6 is 0 Å². The first kappa shape index (κ1) is 16.6. The van der Waals surface area contributed by atoms with E-state index in [9.17, 15) is 9.59 Å². The molecule has 4 fully saturated rings. The lowest BCUT2D eigenvalue weighted by atomic mass is 9.72. The second-order valence-corrected chi connectivity index (χ2v) is 7.67.